The molecule has 1 aliphatic carbocycles. The van der Waals surface area contributed by atoms with Crippen molar-refractivity contribution in [1.82, 2.24) is 20.1 Å². The third-order valence-corrected chi connectivity index (χ3v) is 5.73. The minimum Gasteiger partial charge on any atom is -0.349 e. The van der Waals surface area contributed by atoms with Gasteiger partial charge in [0.25, 0.3) is 11.8 Å². The number of rotatable bonds is 6. The lowest BCUT2D eigenvalue weighted by molar-refractivity contribution is 0.0949. The Labute approximate surface area is 191 Å². The fourth-order valence-electron chi connectivity index (χ4n) is 3.78. The average molecular weight is 440 g/mol. The summed E-state index contributed by atoms with van der Waals surface area (Å²) in [6.07, 6.45) is 3.73. The van der Waals surface area contributed by atoms with Gasteiger partial charge in [-0.25, -0.2) is 9.67 Å². The maximum Gasteiger partial charge on any atom is 0.256 e. The number of pyridine rings is 1. The van der Waals surface area contributed by atoms with Crippen LogP contribution in [0, 0.1) is 13.8 Å². The SMILES string of the molecule is Cc1ccc(Cn2ncc3c(C(=O)Nc4cccc(C(=O)NC5CC5)c4)cc(C)nc32)cc1. The maximum atomic E-state index is 13.2. The zero-order valence-electron chi connectivity index (χ0n) is 18.6. The Morgan fingerprint density at radius 1 is 1.03 bits per heavy atom. The molecule has 4 aromatic rings. The molecular formula is C26H25N5O2. The summed E-state index contributed by atoms with van der Waals surface area (Å²) in [6, 6.07) is 17.3. The minimum atomic E-state index is -0.264. The number of aromatic nitrogens is 3. The first kappa shape index (κ1) is 20.9. The largest absolute Gasteiger partial charge is 0.349 e. The van der Waals surface area contributed by atoms with Crippen molar-refractivity contribution in [2.75, 3.05) is 5.32 Å². The molecule has 0 saturated heterocycles. The predicted octanol–water partition coefficient (Wildman–Crippen LogP) is 4.24. The third-order valence-electron chi connectivity index (χ3n) is 5.73. The Bertz CT molecular complexity index is 1350. The van der Waals surface area contributed by atoms with Gasteiger partial charge in [0, 0.05) is 23.0 Å². The average Bonchev–Trinajstić information content (AvgIpc) is 3.54. The van der Waals surface area contributed by atoms with Crippen molar-refractivity contribution in [3.8, 4) is 0 Å². The van der Waals surface area contributed by atoms with Gasteiger partial charge in [0.1, 0.15) is 0 Å². The van der Waals surface area contributed by atoms with Crippen molar-refractivity contribution in [3.05, 3.63) is 88.7 Å². The smallest absolute Gasteiger partial charge is 0.256 e. The van der Waals surface area contributed by atoms with Crippen LogP contribution in [0.15, 0.2) is 60.8 Å². The van der Waals surface area contributed by atoms with Crippen molar-refractivity contribution in [2.24, 2.45) is 0 Å². The van der Waals surface area contributed by atoms with Crippen LogP contribution in [-0.2, 0) is 6.54 Å². The summed E-state index contributed by atoms with van der Waals surface area (Å²) in [4.78, 5) is 30.2. The Morgan fingerprint density at radius 2 is 1.82 bits per heavy atom. The summed E-state index contributed by atoms with van der Waals surface area (Å²) in [5.74, 6) is -0.381. The molecule has 0 atom stereocenters. The van der Waals surface area contributed by atoms with Crippen molar-refractivity contribution in [3.63, 3.8) is 0 Å². The van der Waals surface area contributed by atoms with Crippen LogP contribution >= 0.6 is 0 Å². The number of nitrogens with one attached hydrogen (secondary N) is 2. The van der Waals surface area contributed by atoms with E-state index in [9.17, 15) is 9.59 Å². The Morgan fingerprint density at radius 3 is 2.58 bits per heavy atom. The first-order chi connectivity index (χ1) is 16.0. The normalized spacial score (nSPS) is 13.2. The lowest BCUT2D eigenvalue weighted by atomic mass is 10.1. The van der Waals surface area contributed by atoms with Gasteiger partial charge in [-0.3, -0.25) is 9.59 Å². The second kappa shape index (κ2) is 8.50. The number of aryl methyl sites for hydroxylation is 2. The molecule has 0 bridgehead atoms. The molecule has 2 aromatic carbocycles. The highest BCUT2D eigenvalue weighted by atomic mass is 16.2. The van der Waals surface area contributed by atoms with E-state index < -0.39 is 0 Å². The Balaban J connectivity index is 1.40. The first-order valence-corrected chi connectivity index (χ1v) is 11.1. The van der Waals surface area contributed by atoms with Gasteiger partial charge in [0.2, 0.25) is 0 Å². The number of carbonyl (C=O) groups is 2. The highest BCUT2D eigenvalue weighted by Crippen LogP contribution is 2.22. The van der Waals surface area contributed by atoms with Gasteiger partial charge in [0.15, 0.2) is 5.65 Å². The van der Waals surface area contributed by atoms with Crippen molar-refractivity contribution in [1.29, 1.82) is 0 Å². The van der Waals surface area contributed by atoms with Crippen LogP contribution in [0.3, 0.4) is 0 Å². The number of amides is 2. The van der Waals surface area contributed by atoms with E-state index in [-0.39, 0.29) is 17.9 Å². The maximum absolute atomic E-state index is 13.2. The van der Waals surface area contributed by atoms with E-state index in [0.717, 1.165) is 24.1 Å². The molecule has 1 saturated carbocycles. The number of hydrogen-bond acceptors (Lipinski definition) is 4. The second-order valence-corrected chi connectivity index (χ2v) is 8.62. The van der Waals surface area contributed by atoms with Crippen molar-refractivity contribution < 1.29 is 9.59 Å². The van der Waals surface area contributed by atoms with Gasteiger partial charge in [-0.05, 0) is 56.5 Å². The molecule has 1 aliphatic rings. The summed E-state index contributed by atoms with van der Waals surface area (Å²) in [7, 11) is 0. The molecule has 2 N–H and O–H groups in total. The first-order valence-electron chi connectivity index (χ1n) is 11.1. The van der Waals surface area contributed by atoms with Crippen molar-refractivity contribution in [2.45, 2.75) is 39.3 Å². The van der Waals surface area contributed by atoms with Crippen LogP contribution in [0.25, 0.3) is 11.0 Å². The van der Waals surface area contributed by atoms with Crippen LogP contribution in [-0.4, -0.2) is 32.6 Å². The molecular weight excluding hydrogens is 414 g/mol. The highest BCUT2D eigenvalue weighted by molar-refractivity contribution is 6.12. The molecule has 166 valence electrons. The van der Waals surface area contributed by atoms with Crippen LogP contribution in [0.2, 0.25) is 0 Å². The van der Waals surface area contributed by atoms with Crippen molar-refractivity contribution >= 4 is 28.5 Å². The topological polar surface area (TPSA) is 88.9 Å². The molecule has 2 aromatic heterocycles. The van der Waals surface area contributed by atoms with E-state index in [0.29, 0.717) is 34.4 Å². The highest BCUT2D eigenvalue weighted by Gasteiger charge is 2.24. The number of fused-ring (bicyclic) bond motifs is 1. The molecule has 1 fully saturated rings. The molecule has 0 radical (unpaired) electrons. The molecule has 5 rings (SSSR count). The summed E-state index contributed by atoms with van der Waals surface area (Å²) >= 11 is 0. The van der Waals surface area contributed by atoms with E-state index in [1.54, 1.807) is 36.5 Å². The van der Waals surface area contributed by atoms with Gasteiger partial charge < -0.3 is 10.6 Å². The number of hydrogen-bond donors (Lipinski definition) is 2. The number of carbonyl (C=O) groups excluding carboxylic acids is 2. The lowest BCUT2D eigenvalue weighted by Gasteiger charge is -2.10. The zero-order chi connectivity index (χ0) is 22.9. The van der Waals surface area contributed by atoms with Gasteiger partial charge >= 0.3 is 0 Å². The quantitative estimate of drug-likeness (QED) is 0.470. The molecule has 0 aliphatic heterocycles. The molecule has 2 amide bonds. The fraction of sp³-hybridized carbons (Fsp3) is 0.231. The number of nitrogens with zero attached hydrogens (tertiary/aromatic N) is 3. The minimum absolute atomic E-state index is 0.117. The van der Waals surface area contributed by atoms with E-state index in [1.807, 2.05) is 11.6 Å². The fourth-order valence-corrected chi connectivity index (χ4v) is 3.78. The van der Waals surface area contributed by atoms with Crippen LogP contribution in [0.1, 0.15) is 50.4 Å². The molecule has 7 nitrogen and oxygen atoms in total. The zero-order valence-corrected chi connectivity index (χ0v) is 18.6. The predicted molar refractivity (Wildman–Crippen MR) is 127 cm³/mol. The van der Waals surface area contributed by atoms with Crippen LogP contribution in [0.5, 0.6) is 0 Å². The molecule has 2 heterocycles. The summed E-state index contributed by atoms with van der Waals surface area (Å²) < 4.78 is 1.81. The van der Waals surface area contributed by atoms with E-state index >= 15 is 0 Å². The Kier molecular flexibility index (Phi) is 5.38. The molecule has 0 unspecified atom stereocenters. The summed E-state index contributed by atoms with van der Waals surface area (Å²) in [5.41, 5.74) is 5.31. The molecule has 0 spiro atoms. The summed E-state index contributed by atoms with van der Waals surface area (Å²) in [6.45, 7) is 4.49. The van der Waals surface area contributed by atoms with Gasteiger partial charge in [-0.2, -0.15) is 5.10 Å². The Hall–Kier alpha value is -4.00. The monoisotopic (exact) mass is 439 g/mol. The van der Waals surface area contributed by atoms with Gasteiger partial charge in [-0.1, -0.05) is 35.9 Å². The van der Waals surface area contributed by atoms with E-state index in [4.69, 9.17) is 0 Å². The standard InChI is InChI=1S/C26H25N5O2/c1-16-6-8-18(9-7-16)15-31-24-23(14-27-31)22(12-17(2)28-24)26(33)30-21-5-3-4-19(13-21)25(32)29-20-10-11-20/h3-9,12-14,20H,10-11,15H2,1-2H3,(H,29,32)(H,30,33). The van der Waals surface area contributed by atoms with Crippen LogP contribution < -0.4 is 10.6 Å². The third kappa shape index (κ3) is 4.62. The van der Waals surface area contributed by atoms with Gasteiger partial charge in [0.05, 0.1) is 23.7 Å². The molecule has 33 heavy (non-hydrogen) atoms. The van der Waals surface area contributed by atoms with E-state index in [2.05, 4.69) is 51.9 Å². The van der Waals surface area contributed by atoms with Crippen LogP contribution in [0.4, 0.5) is 5.69 Å². The molecule has 7 heteroatoms. The second-order valence-electron chi connectivity index (χ2n) is 8.62. The van der Waals surface area contributed by atoms with E-state index in [1.165, 1.54) is 5.56 Å². The lowest BCUT2D eigenvalue weighted by Crippen LogP contribution is -2.25. The summed E-state index contributed by atoms with van der Waals surface area (Å²) in [5, 5.41) is 11.1. The number of anilines is 1. The number of benzene rings is 2. The van der Waals surface area contributed by atoms with Gasteiger partial charge in [-0.15, -0.1) is 0 Å².